The predicted octanol–water partition coefficient (Wildman–Crippen LogP) is 2.47. The molecular weight excluding hydrogens is 382 g/mol. The fourth-order valence-electron chi connectivity index (χ4n) is 1.78. The molecule has 0 fully saturated rings. The Morgan fingerprint density at radius 3 is 2.33 bits per heavy atom. The molecule has 0 saturated carbocycles. The van der Waals surface area contributed by atoms with Crippen LogP contribution in [0.25, 0.3) is 11.0 Å². The zero-order valence-electron chi connectivity index (χ0n) is 10.4. The Kier molecular flexibility index (Phi) is 6.63. The summed E-state index contributed by atoms with van der Waals surface area (Å²) in [6, 6.07) is 1.68. The van der Waals surface area contributed by atoms with Gasteiger partial charge >= 0.3 is 0 Å². The standard InChI is InChI=1S/C13H12O3.2Y/c1-6-5-7(2)12-10(11(6)14)8(3)9(4)13(15)16-12;;/h5,14H,2,4H2,1,3H3;;/q-2;;. The third-order valence-electron chi connectivity index (χ3n) is 2.79. The van der Waals surface area contributed by atoms with E-state index in [2.05, 4.69) is 13.8 Å². The van der Waals surface area contributed by atoms with Crippen molar-refractivity contribution in [1.82, 2.24) is 0 Å². The number of hydrogen-bond donors (Lipinski definition) is 1. The number of fused-ring (bicyclic) bond motifs is 1. The summed E-state index contributed by atoms with van der Waals surface area (Å²) < 4.78 is 5.10. The van der Waals surface area contributed by atoms with E-state index in [1.54, 1.807) is 19.9 Å². The van der Waals surface area contributed by atoms with Gasteiger partial charge in [0.15, 0.2) is 0 Å². The van der Waals surface area contributed by atoms with Crippen LogP contribution in [0.1, 0.15) is 22.3 Å². The predicted molar refractivity (Wildman–Crippen MR) is 62.5 cm³/mol. The normalized spacial score (nSPS) is 9.67. The van der Waals surface area contributed by atoms with Crippen molar-refractivity contribution < 1.29 is 74.9 Å². The number of phenolic OH excluding ortho intramolecular Hbond substituents is 1. The first-order valence-electron chi connectivity index (χ1n) is 4.87. The van der Waals surface area contributed by atoms with Gasteiger partial charge in [-0.25, -0.2) is 0 Å². The first kappa shape index (κ1) is 18.2. The maximum absolute atomic E-state index is 11.5. The van der Waals surface area contributed by atoms with E-state index in [0.29, 0.717) is 27.7 Å². The van der Waals surface area contributed by atoms with Crippen molar-refractivity contribution in [1.29, 1.82) is 0 Å². The maximum atomic E-state index is 11.5. The Labute approximate surface area is 156 Å². The summed E-state index contributed by atoms with van der Waals surface area (Å²) in [6.45, 7) is 10.9. The molecule has 1 N–H and O–H groups in total. The van der Waals surface area contributed by atoms with Gasteiger partial charge in [-0.15, -0.1) is 11.1 Å². The zero-order chi connectivity index (χ0) is 12.0. The molecule has 18 heavy (non-hydrogen) atoms. The summed E-state index contributed by atoms with van der Waals surface area (Å²) in [5, 5.41) is 10.5. The van der Waals surface area contributed by atoms with E-state index in [1.165, 1.54) is 0 Å². The summed E-state index contributed by atoms with van der Waals surface area (Å²) in [4.78, 5) is 11.5. The third kappa shape index (κ3) is 2.85. The fraction of sp³-hybridized carbons (Fsp3) is 0.154. The topological polar surface area (TPSA) is 50.4 Å². The molecule has 5 heteroatoms. The van der Waals surface area contributed by atoms with Crippen LogP contribution in [0.15, 0.2) is 15.3 Å². The van der Waals surface area contributed by atoms with Crippen LogP contribution in [0, 0.1) is 27.7 Å². The first-order chi connectivity index (χ1) is 7.43. The summed E-state index contributed by atoms with van der Waals surface area (Å²) >= 11 is 0. The quantitative estimate of drug-likeness (QED) is 0.552. The van der Waals surface area contributed by atoms with Crippen molar-refractivity contribution in [2.75, 3.05) is 0 Å². The Morgan fingerprint density at radius 1 is 1.22 bits per heavy atom. The van der Waals surface area contributed by atoms with Crippen LogP contribution in [0.5, 0.6) is 5.75 Å². The van der Waals surface area contributed by atoms with Gasteiger partial charge in [0.05, 0.1) is 5.75 Å². The van der Waals surface area contributed by atoms with Crippen LogP contribution in [-0.4, -0.2) is 5.11 Å². The molecule has 0 amide bonds. The monoisotopic (exact) mass is 394 g/mol. The average Bonchev–Trinajstić information content (AvgIpc) is 2.22. The molecule has 0 spiro atoms. The molecule has 1 aromatic carbocycles. The molecule has 90 valence electrons. The zero-order valence-corrected chi connectivity index (χ0v) is 16.1. The largest absolute Gasteiger partial charge is 0.546 e. The summed E-state index contributed by atoms with van der Waals surface area (Å²) in [6.07, 6.45) is 0. The molecule has 0 atom stereocenters. The summed E-state index contributed by atoms with van der Waals surface area (Å²) in [5.74, 6) is 0.119. The van der Waals surface area contributed by atoms with E-state index in [9.17, 15) is 9.90 Å². The molecule has 0 saturated heterocycles. The molecule has 0 aliphatic carbocycles. The number of benzene rings is 1. The van der Waals surface area contributed by atoms with Crippen molar-refractivity contribution in [3.05, 3.63) is 52.6 Å². The van der Waals surface area contributed by atoms with Crippen LogP contribution in [0.2, 0.25) is 0 Å². The van der Waals surface area contributed by atoms with E-state index >= 15 is 0 Å². The number of hydrogen-bond acceptors (Lipinski definition) is 3. The van der Waals surface area contributed by atoms with Gasteiger partial charge in [0.25, 0.3) is 0 Å². The minimum Gasteiger partial charge on any atom is -0.546 e. The van der Waals surface area contributed by atoms with Crippen molar-refractivity contribution in [2.45, 2.75) is 13.8 Å². The van der Waals surface area contributed by atoms with E-state index in [1.807, 2.05) is 0 Å². The second-order valence-electron chi connectivity index (χ2n) is 3.90. The van der Waals surface area contributed by atoms with Gasteiger partial charge in [-0.05, 0) is 6.92 Å². The summed E-state index contributed by atoms with van der Waals surface area (Å²) in [7, 11) is 0. The third-order valence-corrected chi connectivity index (χ3v) is 2.79. The van der Waals surface area contributed by atoms with Gasteiger partial charge in [0.1, 0.15) is 0 Å². The minimum absolute atomic E-state index is 0. The Morgan fingerprint density at radius 2 is 1.78 bits per heavy atom. The maximum Gasteiger partial charge on any atom is 0.213 e. The minimum atomic E-state index is -0.488. The molecule has 1 heterocycles. The van der Waals surface area contributed by atoms with E-state index in [0.717, 1.165) is 0 Å². The smallest absolute Gasteiger partial charge is 0.213 e. The van der Waals surface area contributed by atoms with Gasteiger partial charge in [0.2, 0.25) is 5.63 Å². The number of aryl methyl sites for hydroxylation is 2. The van der Waals surface area contributed by atoms with E-state index < -0.39 is 5.63 Å². The molecule has 0 unspecified atom stereocenters. The molecule has 2 radical (unpaired) electrons. The number of rotatable bonds is 0. The molecule has 3 nitrogen and oxygen atoms in total. The van der Waals surface area contributed by atoms with Gasteiger partial charge < -0.3 is 14.3 Å². The molecule has 0 bridgehead atoms. The van der Waals surface area contributed by atoms with Crippen molar-refractivity contribution in [3.8, 4) is 5.75 Å². The van der Waals surface area contributed by atoms with Crippen molar-refractivity contribution in [2.24, 2.45) is 0 Å². The number of aromatic hydroxyl groups is 1. The van der Waals surface area contributed by atoms with Crippen LogP contribution in [0.3, 0.4) is 0 Å². The molecule has 1 aromatic heterocycles. The second kappa shape index (κ2) is 6.56. The molecule has 0 aliphatic rings. The van der Waals surface area contributed by atoms with Crippen LogP contribution in [0.4, 0.5) is 0 Å². The van der Waals surface area contributed by atoms with Crippen LogP contribution in [-0.2, 0) is 65.4 Å². The second-order valence-corrected chi connectivity index (χ2v) is 3.90. The molecular formula is C13H12O3Y2-2. The molecule has 2 rings (SSSR count). The summed E-state index contributed by atoms with van der Waals surface area (Å²) in [5.41, 5.74) is 2.04. The molecule has 2 aromatic rings. The molecule has 0 aliphatic heterocycles. The Bertz CT molecular complexity index is 645. The number of phenols is 1. The van der Waals surface area contributed by atoms with Crippen LogP contribution >= 0.6 is 0 Å². The van der Waals surface area contributed by atoms with Gasteiger partial charge in [0, 0.05) is 71.0 Å². The Hall–Kier alpha value is 0.178. The van der Waals surface area contributed by atoms with E-state index in [-0.39, 0.29) is 76.7 Å². The van der Waals surface area contributed by atoms with Crippen molar-refractivity contribution in [3.63, 3.8) is 0 Å². The van der Waals surface area contributed by atoms with Crippen LogP contribution < -0.4 is 5.63 Å². The van der Waals surface area contributed by atoms with Gasteiger partial charge in [-0.2, -0.15) is 25.5 Å². The Balaban J connectivity index is 0.00000144. The van der Waals surface area contributed by atoms with Crippen molar-refractivity contribution >= 4 is 11.0 Å². The van der Waals surface area contributed by atoms with E-state index in [4.69, 9.17) is 4.42 Å². The van der Waals surface area contributed by atoms with Gasteiger partial charge in [-0.1, -0.05) is 17.9 Å². The first-order valence-corrected chi connectivity index (χ1v) is 4.87. The fourth-order valence-corrected chi connectivity index (χ4v) is 1.78. The van der Waals surface area contributed by atoms with Gasteiger partial charge in [-0.3, -0.25) is 0 Å². The SMILES string of the molecule is [CH2-]c1c(C)c2c(O)c(C)cc([CH2-])c2oc1=O.[Y].[Y]. The average molecular weight is 394 g/mol.